The fraction of sp³-hybridized carbons (Fsp3) is 0.182. The molecule has 0 fully saturated rings. The van der Waals surface area contributed by atoms with E-state index in [9.17, 15) is 13.0 Å². The molecule has 0 amide bonds. The highest BCUT2D eigenvalue weighted by atomic mass is 32.2. The van der Waals surface area contributed by atoms with Crippen LogP contribution < -0.4 is 9.30 Å². The Morgan fingerprint density at radius 3 is 2.68 bits per heavy atom. The van der Waals surface area contributed by atoms with Crippen molar-refractivity contribution in [1.29, 1.82) is 5.26 Å². The van der Waals surface area contributed by atoms with E-state index in [0.717, 1.165) is 36.6 Å². The molecule has 0 spiro atoms. The molecule has 6 nitrogen and oxygen atoms in total. The first kappa shape index (κ1) is 21.5. The summed E-state index contributed by atoms with van der Waals surface area (Å²) in [6, 6.07) is 13.4. The molecule has 0 bridgehead atoms. The number of hydrogen-bond donors (Lipinski definition) is 0. The van der Waals surface area contributed by atoms with E-state index in [4.69, 9.17) is 10.00 Å². The minimum absolute atomic E-state index is 0.235. The zero-order valence-electron chi connectivity index (χ0n) is 16.6. The van der Waals surface area contributed by atoms with Gasteiger partial charge in [0.25, 0.3) is 5.01 Å². The lowest BCUT2D eigenvalue weighted by Gasteiger charge is -2.05. The number of aryl methyl sites for hydroxylation is 1. The fourth-order valence-electron chi connectivity index (χ4n) is 3.43. The first-order chi connectivity index (χ1) is 14.9. The van der Waals surface area contributed by atoms with E-state index in [1.807, 2.05) is 41.8 Å². The number of nitriles is 1. The van der Waals surface area contributed by atoms with E-state index >= 15 is 0 Å². The molecular formula is C22H18N2O4S3. The number of thiazole rings is 1. The largest absolute Gasteiger partial charge is 0.748 e. The number of benzene rings is 2. The SMILES string of the molecule is COc1cc2sc(/C=C/c3ccc(C#N)cc3)[n+](CCCS(=O)(=O)[O-])c2c2sccc12. The van der Waals surface area contributed by atoms with Gasteiger partial charge in [0.2, 0.25) is 5.52 Å². The summed E-state index contributed by atoms with van der Waals surface area (Å²) in [5.41, 5.74) is 2.56. The molecule has 4 aromatic rings. The number of aromatic nitrogens is 1. The van der Waals surface area contributed by atoms with Crippen LogP contribution in [-0.4, -0.2) is 25.8 Å². The number of rotatable bonds is 7. The molecule has 158 valence electrons. The molecule has 0 radical (unpaired) electrons. The van der Waals surface area contributed by atoms with Crippen LogP contribution in [-0.2, 0) is 16.7 Å². The van der Waals surface area contributed by atoms with Crippen LogP contribution >= 0.6 is 22.7 Å². The van der Waals surface area contributed by atoms with Crippen molar-refractivity contribution in [2.75, 3.05) is 12.9 Å². The number of hydrogen-bond acceptors (Lipinski definition) is 7. The predicted octanol–water partition coefficient (Wildman–Crippen LogP) is 4.39. The third-order valence-corrected chi connectivity index (χ3v) is 7.65. The lowest BCUT2D eigenvalue weighted by Crippen LogP contribution is -2.36. The van der Waals surface area contributed by atoms with Crippen molar-refractivity contribution in [3.05, 3.63) is 57.9 Å². The summed E-state index contributed by atoms with van der Waals surface area (Å²) in [6.07, 6.45) is 4.16. The maximum atomic E-state index is 11.1. The van der Waals surface area contributed by atoms with Gasteiger partial charge in [-0.1, -0.05) is 23.5 Å². The Hall–Kier alpha value is -2.77. The standard InChI is InChI=1S/C22H18N2O4S3/c1-28-18-13-19-21(22-17(18)9-11-29-22)24(10-2-12-31(25,26)27)20(30-19)8-7-15-3-5-16(14-23)6-4-15/h3-9,11,13H,2,10,12H2,1H3/b8-7+. The van der Waals surface area contributed by atoms with Gasteiger partial charge in [-0.15, -0.1) is 11.3 Å². The van der Waals surface area contributed by atoms with Gasteiger partial charge in [0.15, 0.2) is 6.54 Å². The smallest absolute Gasteiger partial charge is 0.262 e. The van der Waals surface area contributed by atoms with Crippen LogP contribution in [0.1, 0.15) is 22.6 Å². The van der Waals surface area contributed by atoms with Crippen molar-refractivity contribution in [3.63, 3.8) is 0 Å². The highest BCUT2D eigenvalue weighted by Gasteiger charge is 2.24. The molecule has 4 rings (SSSR count). The third-order valence-electron chi connectivity index (χ3n) is 4.85. The maximum Gasteiger partial charge on any atom is 0.262 e. The van der Waals surface area contributed by atoms with Crippen LogP contribution in [0, 0.1) is 11.3 Å². The summed E-state index contributed by atoms with van der Waals surface area (Å²) in [4.78, 5) is 0. The number of nitrogens with zero attached hydrogens (tertiary/aromatic N) is 2. The molecule has 2 aromatic carbocycles. The quantitative estimate of drug-likeness (QED) is 0.295. The van der Waals surface area contributed by atoms with E-state index < -0.39 is 15.9 Å². The first-order valence-electron chi connectivity index (χ1n) is 9.42. The van der Waals surface area contributed by atoms with Crippen molar-refractivity contribution in [1.82, 2.24) is 0 Å². The highest BCUT2D eigenvalue weighted by Crippen LogP contribution is 2.38. The summed E-state index contributed by atoms with van der Waals surface area (Å²) >= 11 is 3.18. The molecule has 0 saturated heterocycles. The van der Waals surface area contributed by atoms with E-state index in [0.29, 0.717) is 12.1 Å². The topological polar surface area (TPSA) is 94.1 Å². The Kier molecular flexibility index (Phi) is 6.07. The lowest BCUT2D eigenvalue weighted by atomic mass is 10.1. The van der Waals surface area contributed by atoms with Gasteiger partial charge < -0.3 is 9.29 Å². The predicted molar refractivity (Wildman–Crippen MR) is 123 cm³/mol. The molecule has 0 N–H and O–H groups in total. The maximum absolute atomic E-state index is 11.1. The highest BCUT2D eigenvalue weighted by molar-refractivity contribution is 7.85. The summed E-state index contributed by atoms with van der Waals surface area (Å²) in [7, 11) is -2.63. The van der Waals surface area contributed by atoms with E-state index in [1.54, 1.807) is 41.9 Å². The first-order valence-corrected chi connectivity index (χ1v) is 12.7. The van der Waals surface area contributed by atoms with Gasteiger partial charge in [0.1, 0.15) is 15.1 Å². The zero-order chi connectivity index (χ0) is 22.0. The molecule has 31 heavy (non-hydrogen) atoms. The van der Waals surface area contributed by atoms with Crippen molar-refractivity contribution in [2.45, 2.75) is 13.0 Å². The Bertz CT molecular complexity index is 1430. The van der Waals surface area contributed by atoms with Gasteiger partial charge in [-0.25, -0.2) is 8.42 Å². The van der Waals surface area contributed by atoms with Gasteiger partial charge in [-0.2, -0.15) is 9.83 Å². The Labute approximate surface area is 188 Å². The van der Waals surface area contributed by atoms with Gasteiger partial charge in [0.05, 0.1) is 28.9 Å². The van der Waals surface area contributed by atoms with Gasteiger partial charge >= 0.3 is 0 Å². The molecule has 0 saturated carbocycles. The van der Waals surface area contributed by atoms with Gasteiger partial charge in [-0.3, -0.25) is 0 Å². The second-order valence-corrected chi connectivity index (χ2v) is 10.4. The van der Waals surface area contributed by atoms with Gasteiger partial charge in [0, 0.05) is 29.7 Å². The molecule has 2 heterocycles. The zero-order valence-corrected chi connectivity index (χ0v) is 19.0. The van der Waals surface area contributed by atoms with Crippen LogP contribution in [0.2, 0.25) is 0 Å². The second kappa shape index (κ2) is 8.77. The summed E-state index contributed by atoms with van der Waals surface area (Å²) in [5.74, 6) is 0.391. The van der Waals surface area contributed by atoms with Gasteiger partial charge in [-0.05, 0) is 35.2 Å². The molecule has 0 atom stereocenters. The second-order valence-electron chi connectivity index (χ2n) is 6.86. The molecule has 0 aliphatic carbocycles. The van der Waals surface area contributed by atoms with Crippen molar-refractivity contribution < 1.29 is 22.3 Å². The van der Waals surface area contributed by atoms with E-state index in [1.165, 1.54) is 0 Å². The van der Waals surface area contributed by atoms with Crippen LogP contribution in [0.4, 0.5) is 0 Å². The van der Waals surface area contributed by atoms with Crippen molar-refractivity contribution in [2.24, 2.45) is 0 Å². The summed E-state index contributed by atoms with van der Waals surface area (Å²) < 4.78 is 43.1. The van der Waals surface area contributed by atoms with Crippen molar-refractivity contribution in [3.8, 4) is 11.8 Å². The average Bonchev–Trinajstić information content (AvgIpc) is 3.36. The van der Waals surface area contributed by atoms with Crippen LogP contribution in [0.15, 0.2) is 41.8 Å². The summed E-state index contributed by atoms with van der Waals surface area (Å²) in [6.45, 7) is 0.411. The van der Waals surface area contributed by atoms with Crippen LogP contribution in [0.25, 0.3) is 32.5 Å². The molecule has 0 unspecified atom stereocenters. The number of ether oxygens (including phenoxy) is 1. The molecule has 2 aromatic heterocycles. The molecular weight excluding hydrogens is 452 g/mol. The Morgan fingerprint density at radius 2 is 2.00 bits per heavy atom. The summed E-state index contributed by atoms with van der Waals surface area (Å²) in [5, 5.41) is 12.9. The number of thiophene rings is 1. The Balaban J connectivity index is 1.81. The number of fused-ring (bicyclic) bond motifs is 3. The number of methoxy groups -OCH3 is 1. The Morgan fingerprint density at radius 1 is 1.23 bits per heavy atom. The van der Waals surface area contributed by atoms with Crippen molar-refractivity contribution >= 4 is 65.2 Å². The molecule has 0 aliphatic heterocycles. The normalized spacial score (nSPS) is 12.0. The van der Waals surface area contributed by atoms with Crippen LogP contribution in [0.3, 0.4) is 0 Å². The van der Waals surface area contributed by atoms with E-state index in [-0.39, 0.29) is 6.42 Å². The minimum Gasteiger partial charge on any atom is -0.748 e. The average molecular weight is 471 g/mol. The third kappa shape index (κ3) is 4.62. The minimum atomic E-state index is -4.27. The monoisotopic (exact) mass is 470 g/mol. The molecule has 9 heteroatoms. The fourth-order valence-corrected chi connectivity index (χ4v) is 6.07. The van der Waals surface area contributed by atoms with E-state index in [2.05, 4.69) is 10.6 Å². The van der Waals surface area contributed by atoms with Crippen LogP contribution in [0.5, 0.6) is 5.75 Å². The lowest BCUT2D eigenvalue weighted by molar-refractivity contribution is -0.667. The molecule has 0 aliphatic rings.